The van der Waals surface area contributed by atoms with Crippen molar-refractivity contribution in [2.24, 2.45) is 5.92 Å². The standard InChI is InChI=1S/C13H16O2/c1-10(2)4-3-5-11-6-12-8-13(7-11)15-9-14-12/h3,5-8,10H,4,9H2,1-2H3/b5-3+. The molecule has 0 amide bonds. The van der Waals surface area contributed by atoms with Crippen molar-refractivity contribution in [3.63, 3.8) is 0 Å². The summed E-state index contributed by atoms with van der Waals surface area (Å²) in [4.78, 5) is 0. The van der Waals surface area contributed by atoms with E-state index in [1.807, 2.05) is 18.2 Å². The summed E-state index contributed by atoms with van der Waals surface area (Å²) in [6, 6.07) is 5.97. The molecule has 0 unspecified atom stereocenters. The van der Waals surface area contributed by atoms with Gasteiger partial charge in [0.1, 0.15) is 11.5 Å². The smallest absolute Gasteiger partial charge is 0.230 e. The second kappa shape index (κ2) is 4.39. The van der Waals surface area contributed by atoms with E-state index in [2.05, 4.69) is 26.0 Å². The highest BCUT2D eigenvalue weighted by atomic mass is 16.7. The Kier molecular flexibility index (Phi) is 2.95. The SMILES string of the molecule is CC(C)C/C=C/c1cc2cc(c1)OCO2. The number of rotatable bonds is 3. The van der Waals surface area contributed by atoms with E-state index >= 15 is 0 Å². The lowest BCUT2D eigenvalue weighted by Gasteiger charge is -2.16. The molecule has 0 spiro atoms. The van der Waals surface area contributed by atoms with Crippen molar-refractivity contribution < 1.29 is 9.47 Å². The molecule has 1 aromatic rings. The highest BCUT2D eigenvalue weighted by Gasteiger charge is 2.06. The third kappa shape index (κ3) is 2.75. The van der Waals surface area contributed by atoms with Crippen molar-refractivity contribution in [1.82, 2.24) is 0 Å². The average molecular weight is 204 g/mol. The summed E-state index contributed by atoms with van der Waals surface area (Å²) in [7, 11) is 0. The second-order valence-electron chi connectivity index (χ2n) is 4.18. The lowest BCUT2D eigenvalue weighted by molar-refractivity contribution is 0.105. The fraction of sp³-hybridized carbons (Fsp3) is 0.385. The molecule has 15 heavy (non-hydrogen) atoms. The average Bonchev–Trinajstić information content (AvgIpc) is 2.16. The topological polar surface area (TPSA) is 18.5 Å². The summed E-state index contributed by atoms with van der Waals surface area (Å²) in [5.74, 6) is 2.48. The van der Waals surface area contributed by atoms with E-state index in [1.54, 1.807) is 0 Å². The normalized spacial score (nSPS) is 14.1. The maximum atomic E-state index is 5.29. The number of allylic oxidation sites excluding steroid dienone is 1. The first-order chi connectivity index (χ1) is 7.24. The molecule has 0 N–H and O–H groups in total. The van der Waals surface area contributed by atoms with E-state index in [9.17, 15) is 0 Å². The lowest BCUT2D eigenvalue weighted by Crippen LogP contribution is -2.10. The van der Waals surface area contributed by atoms with Gasteiger partial charge in [0.2, 0.25) is 6.79 Å². The summed E-state index contributed by atoms with van der Waals surface area (Å²) in [5.41, 5.74) is 1.14. The molecular formula is C13H16O2. The summed E-state index contributed by atoms with van der Waals surface area (Å²) >= 11 is 0. The van der Waals surface area contributed by atoms with Gasteiger partial charge in [0.15, 0.2) is 0 Å². The van der Waals surface area contributed by atoms with Gasteiger partial charge in [0.25, 0.3) is 0 Å². The summed E-state index contributed by atoms with van der Waals surface area (Å²) in [6.07, 6.45) is 5.40. The van der Waals surface area contributed by atoms with Crippen LogP contribution in [0, 0.1) is 5.92 Å². The monoisotopic (exact) mass is 204 g/mol. The molecule has 1 aromatic carbocycles. The first-order valence-electron chi connectivity index (χ1n) is 5.31. The van der Waals surface area contributed by atoms with Gasteiger partial charge in [-0.2, -0.15) is 0 Å². The molecule has 0 saturated carbocycles. The van der Waals surface area contributed by atoms with Gasteiger partial charge in [-0.25, -0.2) is 0 Å². The van der Waals surface area contributed by atoms with E-state index in [1.165, 1.54) is 0 Å². The van der Waals surface area contributed by atoms with Crippen molar-refractivity contribution in [2.45, 2.75) is 20.3 Å². The Morgan fingerprint density at radius 1 is 1.20 bits per heavy atom. The highest BCUT2D eigenvalue weighted by Crippen LogP contribution is 2.27. The van der Waals surface area contributed by atoms with Crippen molar-refractivity contribution in [1.29, 1.82) is 0 Å². The van der Waals surface area contributed by atoms with Crippen LogP contribution in [0.4, 0.5) is 0 Å². The minimum Gasteiger partial charge on any atom is -0.457 e. The molecule has 0 radical (unpaired) electrons. The summed E-state index contributed by atoms with van der Waals surface area (Å²) < 4.78 is 10.6. The molecule has 0 atom stereocenters. The Labute approximate surface area is 90.5 Å². The van der Waals surface area contributed by atoms with Gasteiger partial charge in [-0.3, -0.25) is 0 Å². The van der Waals surface area contributed by atoms with Crippen LogP contribution < -0.4 is 9.47 Å². The van der Waals surface area contributed by atoms with Crippen molar-refractivity contribution in [3.8, 4) is 11.5 Å². The molecule has 1 aliphatic heterocycles. The molecule has 2 heteroatoms. The molecule has 1 heterocycles. The number of hydrogen-bond donors (Lipinski definition) is 0. The molecular weight excluding hydrogens is 188 g/mol. The third-order valence-corrected chi connectivity index (χ3v) is 2.27. The van der Waals surface area contributed by atoms with Crippen LogP contribution in [0.2, 0.25) is 0 Å². The molecule has 80 valence electrons. The zero-order chi connectivity index (χ0) is 10.7. The van der Waals surface area contributed by atoms with Crippen LogP contribution >= 0.6 is 0 Å². The van der Waals surface area contributed by atoms with Crippen molar-refractivity contribution >= 4 is 6.08 Å². The Balaban J connectivity index is 2.10. The van der Waals surface area contributed by atoms with Crippen LogP contribution in [0.25, 0.3) is 6.08 Å². The van der Waals surface area contributed by atoms with Crippen LogP contribution in [-0.4, -0.2) is 6.79 Å². The van der Waals surface area contributed by atoms with Crippen LogP contribution in [0.1, 0.15) is 25.8 Å². The largest absolute Gasteiger partial charge is 0.457 e. The van der Waals surface area contributed by atoms with Gasteiger partial charge < -0.3 is 9.47 Å². The van der Waals surface area contributed by atoms with Crippen LogP contribution in [0.5, 0.6) is 11.5 Å². The fourth-order valence-electron chi connectivity index (χ4n) is 1.50. The fourth-order valence-corrected chi connectivity index (χ4v) is 1.50. The molecule has 0 fully saturated rings. The number of fused-ring (bicyclic) bond motifs is 2. The Morgan fingerprint density at radius 3 is 2.47 bits per heavy atom. The zero-order valence-corrected chi connectivity index (χ0v) is 9.19. The van der Waals surface area contributed by atoms with Crippen molar-refractivity contribution in [2.75, 3.05) is 6.79 Å². The summed E-state index contributed by atoms with van der Waals surface area (Å²) in [5, 5.41) is 0. The van der Waals surface area contributed by atoms with E-state index in [4.69, 9.17) is 9.47 Å². The first kappa shape index (κ1) is 10.1. The summed E-state index contributed by atoms with van der Waals surface area (Å²) in [6.45, 7) is 4.75. The van der Waals surface area contributed by atoms with Crippen LogP contribution in [0.3, 0.4) is 0 Å². The Hall–Kier alpha value is -1.44. The number of benzene rings is 1. The van der Waals surface area contributed by atoms with Crippen LogP contribution in [-0.2, 0) is 0 Å². The molecule has 0 aromatic heterocycles. The van der Waals surface area contributed by atoms with Crippen molar-refractivity contribution in [3.05, 3.63) is 29.8 Å². The maximum Gasteiger partial charge on any atom is 0.230 e. The molecule has 0 saturated heterocycles. The van der Waals surface area contributed by atoms with E-state index < -0.39 is 0 Å². The number of hydrogen-bond acceptors (Lipinski definition) is 2. The quantitative estimate of drug-likeness (QED) is 0.750. The van der Waals surface area contributed by atoms with Gasteiger partial charge in [-0.1, -0.05) is 26.0 Å². The van der Waals surface area contributed by atoms with Gasteiger partial charge in [0, 0.05) is 6.07 Å². The van der Waals surface area contributed by atoms with Gasteiger partial charge in [-0.05, 0) is 30.0 Å². The molecule has 2 nitrogen and oxygen atoms in total. The van der Waals surface area contributed by atoms with Gasteiger partial charge >= 0.3 is 0 Å². The van der Waals surface area contributed by atoms with Gasteiger partial charge in [-0.15, -0.1) is 0 Å². The molecule has 1 aliphatic rings. The van der Waals surface area contributed by atoms with Crippen LogP contribution in [0.15, 0.2) is 24.3 Å². The predicted molar refractivity (Wildman–Crippen MR) is 61.1 cm³/mol. The molecule has 2 bridgehead atoms. The molecule has 0 aliphatic carbocycles. The minimum absolute atomic E-state index is 0.331. The Morgan fingerprint density at radius 2 is 1.87 bits per heavy atom. The first-order valence-corrected chi connectivity index (χ1v) is 5.31. The predicted octanol–water partition coefficient (Wildman–Crippen LogP) is 3.47. The van der Waals surface area contributed by atoms with Gasteiger partial charge in [0.05, 0.1) is 0 Å². The molecule has 2 rings (SSSR count). The minimum atomic E-state index is 0.331. The highest BCUT2D eigenvalue weighted by molar-refractivity contribution is 5.55. The van der Waals surface area contributed by atoms with E-state index in [0.717, 1.165) is 23.5 Å². The lowest BCUT2D eigenvalue weighted by atomic mass is 10.1. The van der Waals surface area contributed by atoms with E-state index in [0.29, 0.717) is 12.7 Å². The Bertz CT molecular complexity index is 345. The maximum absolute atomic E-state index is 5.29. The van der Waals surface area contributed by atoms with E-state index in [-0.39, 0.29) is 0 Å². The second-order valence-corrected chi connectivity index (χ2v) is 4.18. The zero-order valence-electron chi connectivity index (χ0n) is 9.19. The third-order valence-electron chi connectivity index (χ3n) is 2.27. The number of ether oxygens (including phenoxy) is 2.